The molecule has 1 fully saturated rings. The van der Waals surface area contributed by atoms with Gasteiger partial charge in [0.05, 0.1) is 5.92 Å². The Hall–Kier alpha value is -1.94. The van der Waals surface area contributed by atoms with Crippen LogP contribution in [0.1, 0.15) is 11.1 Å². The highest BCUT2D eigenvalue weighted by atomic mass is 79.9. The molecule has 7 nitrogen and oxygen atoms in total. The van der Waals surface area contributed by atoms with Crippen LogP contribution in [0, 0.1) is 19.8 Å². The molecule has 27 heavy (non-hydrogen) atoms. The Morgan fingerprint density at radius 2 is 1.81 bits per heavy atom. The number of amides is 1. The fourth-order valence-electron chi connectivity index (χ4n) is 3.06. The summed E-state index contributed by atoms with van der Waals surface area (Å²) in [4.78, 5) is 12.6. The van der Waals surface area contributed by atoms with Crippen LogP contribution in [0.4, 0.5) is 11.4 Å². The van der Waals surface area contributed by atoms with Gasteiger partial charge in [-0.05, 0) is 55.3 Å². The molecule has 0 saturated carbocycles. The number of benzene rings is 2. The van der Waals surface area contributed by atoms with Crippen LogP contribution in [-0.2, 0) is 14.8 Å². The van der Waals surface area contributed by atoms with Gasteiger partial charge in [0.25, 0.3) is 10.0 Å². The van der Waals surface area contributed by atoms with Crippen molar-refractivity contribution in [3.05, 3.63) is 58.1 Å². The number of carbonyl (C=O) groups is 1. The minimum Gasteiger partial charge on any atom is -0.326 e. The first-order valence-corrected chi connectivity index (χ1v) is 10.7. The van der Waals surface area contributed by atoms with Crippen molar-refractivity contribution >= 4 is 43.2 Å². The van der Waals surface area contributed by atoms with E-state index in [1.807, 2.05) is 26.0 Å². The van der Waals surface area contributed by atoms with Crippen molar-refractivity contribution < 1.29 is 13.2 Å². The zero-order chi connectivity index (χ0) is 19.6. The molecule has 1 aliphatic heterocycles. The minimum absolute atomic E-state index is 0.207. The van der Waals surface area contributed by atoms with Crippen LogP contribution in [0.5, 0.6) is 0 Å². The molecule has 2 aromatic carbocycles. The Kier molecular flexibility index (Phi) is 5.85. The van der Waals surface area contributed by atoms with Gasteiger partial charge in [0.2, 0.25) is 5.91 Å². The third-order valence-electron chi connectivity index (χ3n) is 4.18. The molecule has 9 heteroatoms. The fraction of sp³-hybridized carbons (Fsp3) is 0.278. The van der Waals surface area contributed by atoms with Crippen LogP contribution in [0.15, 0.2) is 46.9 Å². The zero-order valence-corrected chi connectivity index (χ0v) is 17.3. The Balaban J connectivity index is 1.76. The topological polar surface area (TPSA) is 99.3 Å². The van der Waals surface area contributed by atoms with E-state index in [9.17, 15) is 13.2 Å². The first-order valence-electron chi connectivity index (χ1n) is 8.39. The maximum absolute atomic E-state index is 12.8. The highest BCUT2D eigenvalue weighted by Crippen LogP contribution is 2.22. The quantitative estimate of drug-likeness (QED) is 0.558. The van der Waals surface area contributed by atoms with E-state index in [4.69, 9.17) is 0 Å². The second-order valence-corrected chi connectivity index (χ2v) is 9.29. The van der Waals surface area contributed by atoms with Crippen LogP contribution in [0.2, 0.25) is 0 Å². The number of sulfonamides is 1. The standard InChI is InChI=1S/C18H21BrN4O3S/c1-11-6-12(2)8-15(7-11)23-27(25,26)18-16(10-20-22-18)17(24)21-14-5-3-4-13(19)9-14/h3-9,16,18,20,22-23H,10H2,1-2H3,(H,21,24). The van der Waals surface area contributed by atoms with Gasteiger partial charge in [-0.3, -0.25) is 14.9 Å². The van der Waals surface area contributed by atoms with Crippen molar-refractivity contribution in [2.45, 2.75) is 19.2 Å². The number of rotatable bonds is 5. The molecule has 1 aliphatic rings. The van der Waals surface area contributed by atoms with Crippen molar-refractivity contribution in [1.82, 2.24) is 10.9 Å². The SMILES string of the molecule is Cc1cc(C)cc(NS(=O)(=O)C2NNCC2C(=O)Nc2cccc(Br)c2)c1. The molecule has 0 aliphatic carbocycles. The maximum Gasteiger partial charge on any atom is 0.250 e. The zero-order valence-electron chi connectivity index (χ0n) is 14.9. The molecule has 1 saturated heterocycles. The number of carbonyl (C=O) groups excluding carboxylic acids is 1. The lowest BCUT2D eigenvalue weighted by Gasteiger charge is -2.20. The molecule has 144 valence electrons. The number of hydrazine groups is 1. The van der Waals surface area contributed by atoms with Gasteiger partial charge in [0, 0.05) is 22.4 Å². The Morgan fingerprint density at radius 3 is 2.48 bits per heavy atom. The van der Waals surface area contributed by atoms with E-state index in [1.54, 1.807) is 30.3 Å². The van der Waals surface area contributed by atoms with Crippen molar-refractivity contribution in [3.8, 4) is 0 Å². The molecule has 1 amide bonds. The average molecular weight is 453 g/mol. The third kappa shape index (κ3) is 4.86. The largest absolute Gasteiger partial charge is 0.326 e. The van der Waals surface area contributed by atoms with Gasteiger partial charge in [0.15, 0.2) is 5.37 Å². The minimum atomic E-state index is -3.83. The lowest BCUT2D eigenvalue weighted by atomic mass is 10.1. The van der Waals surface area contributed by atoms with E-state index in [2.05, 4.69) is 36.8 Å². The lowest BCUT2D eigenvalue weighted by molar-refractivity contribution is -0.119. The molecule has 0 radical (unpaired) electrons. The van der Waals surface area contributed by atoms with E-state index in [0.29, 0.717) is 11.4 Å². The van der Waals surface area contributed by atoms with Crippen LogP contribution in [0.25, 0.3) is 0 Å². The number of halogens is 1. The summed E-state index contributed by atoms with van der Waals surface area (Å²) in [6.07, 6.45) is 0. The summed E-state index contributed by atoms with van der Waals surface area (Å²) in [7, 11) is -3.83. The van der Waals surface area contributed by atoms with Gasteiger partial charge in [-0.1, -0.05) is 28.1 Å². The second kappa shape index (κ2) is 7.97. The fourth-order valence-corrected chi connectivity index (χ4v) is 4.93. The first kappa shape index (κ1) is 19.8. The Bertz CT molecular complexity index is 945. The summed E-state index contributed by atoms with van der Waals surface area (Å²) in [5.41, 5.74) is 8.46. The third-order valence-corrected chi connectivity index (χ3v) is 6.31. The highest BCUT2D eigenvalue weighted by molar-refractivity contribution is 9.10. The Morgan fingerprint density at radius 1 is 1.11 bits per heavy atom. The summed E-state index contributed by atoms with van der Waals surface area (Å²) in [6.45, 7) is 4.00. The number of aryl methyl sites for hydroxylation is 2. The monoisotopic (exact) mass is 452 g/mol. The average Bonchev–Trinajstić information content (AvgIpc) is 3.04. The smallest absolute Gasteiger partial charge is 0.250 e. The summed E-state index contributed by atoms with van der Waals surface area (Å²) < 4.78 is 29.1. The van der Waals surface area contributed by atoms with Gasteiger partial charge < -0.3 is 5.32 Å². The number of anilines is 2. The van der Waals surface area contributed by atoms with E-state index in [0.717, 1.165) is 15.6 Å². The predicted octanol–water partition coefficient (Wildman–Crippen LogP) is 2.50. The van der Waals surface area contributed by atoms with Crippen molar-refractivity contribution in [2.75, 3.05) is 16.6 Å². The maximum atomic E-state index is 12.8. The number of nitrogens with one attached hydrogen (secondary N) is 4. The van der Waals surface area contributed by atoms with Gasteiger partial charge in [-0.2, -0.15) is 0 Å². The molecule has 0 spiro atoms. The molecule has 2 aromatic rings. The first-order chi connectivity index (χ1) is 12.7. The van der Waals surface area contributed by atoms with Gasteiger partial charge >= 0.3 is 0 Å². The van der Waals surface area contributed by atoms with E-state index in [-0.39, 0.29) is 12.5 Å². The van der Waals surface area contributed by atoms with E-state index in [1.165, 1.54) is 0 Å². The number of hydrogen-bond acceptors (Lipinski definition) is 5. The molecular formula is C18H21BrN4O3S. The normalized spacial score (nSPS) is 19.7. The van der Waals surface area contributed by atoms with Crippen LogP contribution < -0.4 is 20.9 Å². The Labute approximate surface area is 167 Å². The summed E-state index contributed by atoms with van der Waals surface area (Å²) >= 11 is 3.35. The molecular weight excluding hydrogens is 432 g/mol. The molecule has 2 unspecified atom stereocenters. The molecule has 4 N–H and O–H groups in total. The summed E-state index contributed by atoms with van der Waals surface area (Å²) in [5.74, 6) is -1.16. The van der Waals surface area contributed by atoms with E-state index >= 15 is 0 Å². The van der Waals surface area contributed by atoms with Crippen LogP contribution >= 0.6 is 15.9 Å². The van der Waals surface area contributed by atoms with Crippen molar-refractivity contribution in [2.24, 2.45) is 5.92 Å². The van der Waals surface area contributed by atoms with Gasteiger partial charge in [0.1, 0.15) is 0 Å². The second-order valence-electron chi connectivity index (χ2n) is 6.58. The molecule has 1 heterocycles. The molecule has 3 rings (SSSR count). The molecule has 0 aromatic heterocycles. The van der Waals surface area contributed by atoms with Gasteiger partial charge in [-0.15, -0.1) is 0 Å². The predicted molar refractivity (Wildman–Crippen MR) is 110 cm³/mol. The summed E-state index contributed by atoms with van der Waals surface area (Å²) in [5, 5.41) is 1.68. The van der Waals surface area contributed by atoms with E-state index < -0.39 is 21.3 Å². The molecule has 0 bridgehead atoms. The van der Waals surface area contributed by atoms with Crippen LogP contribution in [0.3, 0.4) is 0 Å². The van der Waals surface area contributed by atoms with Gasteiger partial charge in [-0.25, -0.2) is 13.8 Å². The highest BCUT2D eigenvalue weighted by Gasteiger charge is 2.42. The lowest BCUT2D eigenvalue weighted by Crippen LogP contribution is -2.45. The summed E-state index contributed by atoms with van der Waals surface area (Å²) in [6, 6.07) is 12.6. The van der Waals surface area contributed by atoms with Crippen molar-refractivity contribution in [1.29, 1.82) is 0 Å². The van der Waals surface area contributed by atoms with Crippen molar-refractivity contribution in [3.63, 3.8) is 0 Å². The van der Waals surface area contributed by atoms with Crippen LogP contribution in [-0.4, -0.2) is 26.2 Å². The molecule has 2 atom stereocenters. The number of hydrogen-bond donors (Lipinski definition) is 4.